The lowest BCUT2D eigenvalue weighted by atomic mass is 9.84. The number of hydrogen-bond acceptors (Lipinski definition) is 3. The molecule has 3 amide bonds. The van der Waals surface area contributed by atoms with Crippen molar-refractivity contribution in [2.24, 2.45) is 11.7 Å². The number of nitrogens with two attached hydrogens (primary N) is 1. The Labute approximate surface area is 143 Å². The smallest absolute Gasteiger partial charge is 0.312 e. The second-order valence-corrected chi connectivity index (χ2v) is 6.90. The fourth-order valence-electron chi connectivity index (χ4n) is 3.97. The van der Waals surface area contributed by atoms with E-state index in [1.807, 2.05) is 29.2 Å². The molecule has 0 aliphatic carbocycles. The van der Waals surface area contributed by atoms with Crippen LogP contribution in [-0.4, -0.2) is 54.5 Å². The number of primary amides is 1. The van der Waals surface area contributed by atoms with Gasteiger partial charge in [0.05, 0.1) is 0 Å². The maximum absolute atomic E-state index is 12.8. The van der Waals surface area contributed by atoms with Crippen LogP contribution in [0.3, 0.4) is 0 Å². The predicted molar refractivity (Wildman–Crippen MR) is 92.5 cm³/mol. The first-order valence-electron chi connectivity index (χ1n) is 8.66. The van der Waals surface area contributed by atoms with Crippen LogP contribution in [0.5, 0.6) is 0 Å². The van der Waals surface area contributed by atoms with Crippen molar-refractivity contribution < 1.29 is 9.59 Å². The largest absolute Gasteiger partial charge is 0.352 e. The maximum Gasteiger partial charge on any atom is 0.312 e. The number of amides is 3. The molecule has 2 atom stereocenters. The Morgan fingerprint density at radius 2 is 1.96 bits per heavy atom. The zero-order chi connectivity index (χ0) is 17.1. The van der Waals surface area contributed by atoms with Gasteiger partial charge in [0.1, 0.15) is 0 Å². The van der Waals surface area contributed by atoms with Crippen molar-refractivity contribution in [3.05, 3.63) is 35.4 Å². The summed E-state index contributed by atoms with van der Waals surface area (Å²) in [4.78, 5) is 27.9. The Balaban J connectivity index is 1.61. The molecule has 2 heterocycles. The summed E-state index contributed by atoms with van der Waals surface area (Å²) in [6.07, 6.45) is 3.51. The highest BCUT2D eigenvalue weighted by Crippen LogP contribution is 2.30. The van der Waals surface area contributed by atoms with Crippen LogP contribution in [-0.2, 0) is 6.54 Å². The first-order valence-corrected chi connectivity index (χ1v) is 8.66. The maximum atomic E-state index is 12.8. The third kappa shape index (κ3) is 3.70. The molecule has 0 bridgehead atoms. The molecule has 24 heavy (non-hydrogen) atoms. The van der Waals surface area contributed by atoms with Gasteiger partial charge in [-0.15, -0.1) is 0 Å². The molecule has 2 saturated heterocycles. The number of rotatable bonds is 3. The van der Waals surface area contributed by atoms with Gasteiger partial charge in [-0.2, -0.15) is 0 Å². The number of likely N-dealkylation sites (tertiary alicyclic amines) is 2. The first-order chi connectivity index (χ1) is 11.5. The van der Waals surface area contributed by atoms with Crippen LogP contribution in [0.4, 0.5) is 4.79 Å². The number of benzene rings is 1. The fraction of sp³-hybridized carbons (Fsp3) is 0.556. The average molecular weight is 330 g/mol. The molecule has 1 aromatic rings. The summed E-state index contributed by atoms with van der Waals surface area (Å²) in [5.41, 5.74) is 6.70. The van der Waals surface area contributed by atoms with Crippen molar-refractivity contribution in [3.8, 4) is 0 Å². The van der Waals surface area contributed by atoms with Crippen LogP contribution < -0.4 is 11.1 Å². The average Bonchev–Trinajstić information content (AvgIpc) is 2.59. The highest BCUT2D eigenvalue weighted by molar-refractivity contribution is 5.94. The lowest BCUT2D eigenvalue weighted by molar-refractivity contribution is 0.0317. The van der Waals surface area contributed by atoms with Crippen molar-refractivity contribution in [2.75, 3.05) is 26.7 Å². The van der Waals surface area contributed by atoms with Crippen molar-refractivity contribution in [2.45, 2.75) is 31.8 Å². The van der Waals surface area contributed by atoms with Gasteiger partial charge in [0.25, 0.3) is 5.91 Å². The summed E-state index contributed by atoms with van der Waals surface area (Å²) in [7, 11) is 2.20. The topological polar surface area (TPSA) is 78.7 Å². The van der Waals surface area contributed by atoms with Crippen molar-refractivity contribution in [1.82, 2.24) is 15.1 Å². The molecule has 0 spiro atoms. The zero-order valence-corrected chi connectivity index (χ0v) is 14.2. The number of hydrogen-bond donors (Lipinski definition) is 2. The van der Waals surface area contributed by atoms with Gasteiger partial charge in [0.15, 0.2) is 0 Å². The molecule has 1 aromatic carbocycles. The van der Waals surface area contributed by atoms with Gasteiger partial charge in [-0.05, 0) is 56.5 Å². The Morgan fingerprint density at radius 1 is 1.21 bits per heavy atom. The number of nitrogens with one attached hydrogen (secondary N) is 1. The van der Waals surface area contributed by atoms with Gasteiger partial charge in [0.2, 0.25) is 0 Å². The first kappa shape index (κ1) is 16.8. The SMILES string of the molecule is CN1CCCC2CN(C(=O)c3ccc(CNC(N)=O)cc3)CCC21. The summed E-state index contributed by atoms with van der Waals surface area (Å²) in [6, 6.07) is 7.48. The van der Waals surface area contributed by atoms with E-state index in [2.05, 4.69) is 17.3 Å². The molecule has 0 saturated carbocycles. The van der Waals surface area contributed by atoms with Crippen LogP contribution in [0.1, 0.15) is 35.2 Å². The highest BCUT2D eigenvalue weighted by atomic mass is 16.2. The predicted octanol–water partition coefficient (Wildman–Crippen LogP) is 1.41. The standard InChI is InChI=1S/C18H26N4O2/c1-21-9-2-3-15-12-22(10-8-16(15)21)17(23)14-6-4-13(5-7-14)11-20-18(19)24/h4-7,15-16H,2-3,8-12H2,1H3,(H3,19,20,24). The van der Waals surface area contributed by atoms with E-state index >= 15 is 0 Å². The van der Waals surface area contributed by atoms with Gasteiger partial charge >= 0.3 is 6.03 Å². The van der Waals surface area contributed by atoms with Crippen LogP contribution in [0, 0.1) is 5.92 Å². The molecule has 3 N–H and O–H groups in total. The van der Waals surface area contributed by atoms with E-state index in [0.717, 1.165) is 25.1 Å². The number of urea groups is 1. The Kier molecular flexibility index (Phi) is 5.04. The lowest BCUT2D eigenvalue weighted by Gasteiger charge is -2.46. The van der Waals surface area contributed by atoms with Crippen LogP contribution >= 0.6 is 0 Å². The van der Waals surface area contributed by atoms with Gasteiger partial charge in [-0.25, -0.2) is 4.79 Å². The molecule has 0 aromatic heterocycles. The minimum absolute atomic E-state index is 0.107. The third-order valence-corrected chi connectivity index (χ3v) is 5.30. The molecule has 3 rings (SSSR count). The molecule has 2 aliphatic rings. The second-order valence-electron chi connectivity index (χ2n) is 6.90. The van der Waals surface area contributed by atoms with E-state index in [1.54, 1.807) is 0 Å². The molecular formula is C18H26N4O2. The molecular weight excluding hydrogens is 304 g/mol. The quantitative estimate of drug-likeness (QED) is 0.879. The minimum atomic E-state index is -0.546. The molecule has 6 nitrogen and oxygen atoms in total. The van der Waals surface area contributed by atoms with Crippen LogP contribution in [0.25, 0.3) is 0 Å². The number of nitrogens with zero attached hydrogens (tertiary/aromatic N) is 2. The highest BCUT2D eigenvalue weighted by Gasteiger charge is 2.35. The molecule has 130 valence electrons. The van der Waals surface area contributed by atoms with E-state index in [1.165, 1.54) is 19.4 Å². The molecule has 6 heteroatoms. The number of carbonyl (C=O) groups is 2. The van der Waals surface area contributed by atoms with Crippen molar-refractivity contribution in [1.29, 1.82) is 0 Å². The summed E-state index contributed by atoms with van der Waals surface area (Å²) in [6.45, 7) is 3.24. The molecule has 2 aliphatic heterocycles. The molecule has 2 fully saturated rings. The number of piperidine rings is 2. The summed E-state index contributed by atoms with van der Waals surface area (Å²) < 4.78 is 0. The van der Waals surface area contributed by atoms with Gasteiger partial charge in [0, 0.05) is 31.2 Å². The van der Waals surface area contributed by atoms with E-state index in [0.29, 0.717) is 24.1 Å². The van der Waals surface area contributed by atoms with Crippen molar-refractivity contribution in [3.63, 3.8) is 0 Å². The summed E-state index contributed by atoms with van der Waals surface area (Å²) >= 11 is 0. The summed E-state index contributed by atoms with van der Waals surface area (Å²) in [5.74, 6) is 0.705. The minimum Gasteiger partial charge on any atom is -0.352 e. The van der Waals surface area contributed by atoms with Crippen LogP contribution in [0.15, 0.2) is 24.3 Å². The molecule has 0 radical (unpaired) electrons. The number of carbonyl (C=O) groups excluding carboxylic acids is 2. The fourth-order valence-corrected chi connectivity index (χ4v) is 3.97. The Morgan fingerprint density at radius 3 is 2.67 bits per heavy atom. The second kappa shape index (κ2) is 7.21. The van der Waals surface area contributed by atoms with E-state index < -0.39 is 6.03 Å². The Hall–Kier alpha value is -2.08. The van der Waals surface area contributed by atoms with E-state index in [-0.39, 0.29) is 5.91 Å². The zero-order valence-electron chi connectivity index (χ0n) is 14.2. The molecule has 2 unspecified atom stereocenters. The van der Waals surface area contributed by atoms with Gasteiger partial charge < -0.3 is 20.9 Å². The number of fused-ring (bicyclic) bond motifs is 1. The lowest BCUT2D eigenvalue weighted by Crippen LogP contribution is -2.53. The van der Waals surface area contributed by atoms with Crippen LogP contribution in [0.2, 0.25) is 0 Å². The van der Waals surface area contributed by atoms with E-state index in [4.69, 9.17) is 5.73 Å². The third-order valence-electron chi connectivity index (χ3n) is 5.30. The van der Waals surface area contributed by atoms with Gasteiger partial charge in [-0.3, -0.25) is 4.79 Å². The van der Waals surface area contributed by atoms with Crippen molar-refractivity contribution >= 4 is 11.9 Å². The van der Waals surface area contributed by atoms with E-state index in [9.17, 15) is 9.59 Å². The summed E-state index contributed by atoms with van der Waals surface area (Å²) in [5, 5.41) is 2.55. The monoisotopic (exact) mass is 330 g/mol. The van der Waals surface area contributed by atoms with Gasteiger partial charge in [-0.1, -0.05) is 12.1 Å². The normalized spacial score (nSPS) is 24.3. The Bertz CT molecular complexity index is 602.